The van der Waals surface area contributed by atoms with Crippen LogP contribution in [0.5, 0.6) is 5.75 Å². The van der Waals surface area contributed by atoms with E-state index >= 15 is 0 Å². The maximum atomic E-state index is 9.87. The minimum atomic E-state index is -0.516. The van der Waals surface area contributed by atoms with E-state index in [1.54, 1.807) is 6.20 Å². The van der Waals surface area contributed by atoms with Crippen LogP contribution in [0.25, 0.3) is 0 Å². The Morgan fingerprint density at radius 1 is 1.29 bits per heavy atom. The Labute approximate surface area is 125 Å². The summed E-state index contributed by atoms with van der Waals surface area (Å²) in [6.07, 6.45) is 2.17. The maximum Gasteiger partial charge on any atom is 0.119 e. The fourth-order valence-corrected chi connectivity index (χ4v) is 2.02. The topological polar surface area (TPSA) is 59.3 Å². The molecule has 2 N–H and O–H groups in total. The molecular weight excluding hydrogens is 266 g/mol. The molecular formula is C16H23N3O2. The van der Waals surface area contributed by atoms with Crippen LogP contribution in [0.4, 0.5) is 0 Å². The van der Waals surface area contributed by atoms with Gasteiger partial charge in [0.25, 0.3) is 0 Å². The summed E-state index contributed by atoms with van der Waals surface area (Å²) in [7, 11) is 1.93. The highest BCUT2D eigenvalue weighted by Crippen LogP contribution is 2.11. The van der Waals surface area contributed by atoms with E-state index in [0.717, 1.165) is 18.7 Å². The SMILES string of the molecule is Cc1ccc(OCC(O)CNCCc2ccnn2C)cc1. The summed E-state index contributed by atoms with van der Waals surface area (Å²) >= 11 is 0. The molecule has 21 heavy (non-hydrogen) atoms. The summed E-state index contributed by atoms with van der Waals surface area (Å²) in [6, 6.07) is 9.82. The molecule has 0 radical (unpaired) electrons. The van der Waals surface area contributed by atoms with Gasteiger partial charge in [0.1, 0.15) is 18.5 Å². The van der Waals surface area contributed by atoms with Crippen LogP contribution in [0, 0.1) is 6.92 Å². The predicted molar refractivity (Wildman–Crippen MR) is 82.5 cm³/mol. The molecule has 0 spiro atoms. The van der Waals surface area contributed by atoms with Crippen molar-refractivity contribution in [2.45, 2.75) is 19.4 Å². The lowest BCUT2D eigenvalue weighted by molar-refractivity contribution is 0.106. The molecule has 2 rings (SSSR count). The molecule has 0 fully saturated rings. The van der Waals surface area contributed by atoms with Crippen LogP contribution in [-0.2, 0) is 13.5 Å². The molecule has 1 unspecified atom stereocenters. The van der Waals surface area contributed by atoms with E-state index in [0.29, 0.717) is 13.2 Å². The van der Waals surface area contributed by atoms with Crippen LogP contribution >= 0.6 is 0 Å². The average Bonchev–Trinajstić information content (AvgIpc) is 2.88. The zero-order valence-corrected chi connectivity index (χ0v) is 12.6. The van der Waals surface area contributed by atoms with Gasteiger partial charge in [-0.2, -0.15) is 5.10 Å². The summed E-state index contributed by atoms with van der Waals surface area (Å²) in [4.78, 5) is 0. The number of aryl methyl sites for hydroxylation is 2. The highest BCUT2D eigenvalue weighted by Gasteiger charge is 2.05. The molecule has 0 amide bonds. The average molecular weight is 289 g/mol. The molecule has 1 aromatic carbocycles. The smallest absolute Gasteiger partial charge is 0.119 e. The summed E-state index contributed by atoms with van der Waals surface area (Å²) in [5, 5.41) is 17.2. The van der Waals surface area contributed by atoms with Crippen molar-refractivity contribution in [1.82, 2.24) is 15.1 Å². The number of hydrogen-bond donors (Lipinski definition) is 2. The first-order chi connectivity index (χ1) is 10.1. The van der Waals surface area contributed by atoms with Gasteiger partial charge in [-0.05, 0) is 25.1 Å². The van der Waals surface area contributed by atoms with Crippen molar-refractivity contribution >= 4 is 0 Å². The first kappa shape index (κ1) is 15.5. The third kappa shape index (κ3) is 5.21. The third-order valence-electron chi connectivity index (χ3n) is 3.32. The van der Waals surface area contributed by atoms with Crippen molar-refractivity contribution in [2.24, 2.45) is 7.05 Å². The van der Waals surface area contributed by atoms with Crippen LogP contribution in [0.2, 0.25) is 0 Å². The van der Waals surface area contributed by atoms with Crippen LogP contribution in [0.3, 0.4) is 0 Å². The number of aliphatic hydroxyl groups is 1. The van der Waals surface area contributed by atoms with Crippen molar-refractivity contribution in [1.29, 1.82) is 0 Å². The van der Waals surface area contributed by atoms with Gasteiger partial charge >= 0.3 is 0 Å². The van der Waals surface area contributed by atoms with Crippen LogP contribution in [-0.4, -0.2) is 40.7 Å². The highest BCUT2D eigenvalue weighted by molar-refractivity contribution is 5.26. The van der Waals surface area contributed by atoms with Gasteiger partial charge in [0.05, 0.1) is 0 Å². The van der Waals surface area contributed by atoms with Crippen molar-refractivity contribution in [3.05, 3.63) is 47.8 Å². The lowest BCUT2D eigenvalue weighted by Gasteiger charge is -2.13. The van der Waals surface area contributed by atoms with E-state index in [1.807, 2.05) is 49.0 Å². The number of benzene rings is 1. The molecule has 1 atom stereocenters. The van der Waals surface area contributed by atoms with Crippen LogP contribution in [0.15, 0.2) is 36.5 Å². The molecule has 114 valence electrons. The molecule has 0 aliphatic heterocycles. The Kier molecular flexibility index (Phi) is 5.78. The standard InChI is InChI=1S/C16H23N3O2/c1-13-3-5-16(6-4-13)21-12-15(20)11-17-9-7-14-8-10-18-19(14)2/h3-6,8,10,15,17,20H,7,9,11-12H2,1-2H3. The van der Waals surface area contributed by atoms with Gasteiger partial charge in [-0.3, -0.25) is 4.68 Å². The largest absolute Gasteiger partial charge is 0.491 e. The Bertz CT molecular complexity index is 537. The zero-order valence-electron chi connectivity index (χ0n) is 12.6. The molecule has 0 aliphatic carbocycles. The molecule has 0 saturated carbocycles. The lowest BCUT2D eigenvalue weighted by atomic mass is 10.2. The first-order valence-electron chi connectivity index (χ1n) is 7.20. The summed E-state index contributed by atoms with van der Waals surface area (Å²) in [5.74, 6) is 0.787. The maximum absolute atomic E-state index is 9.87. The Hall–Kier alpha value is -1.85. The Morgan fingerprint density at radius 3 is 2.71 bits per heavy atom. The van der Waals surface area contributed by atoms with Crippen molar-refractivity contribution in [2.75, 3.05) is 19.7 Å². The molecule has 0 bridgehead atoms. The van der Waals surface area contributed by atoms with E-state index in [4.69, 9.17) is 4.74 Å². The highest BCUT2D eigenvalue weighted by atomic mass is 16.5. The third-order valence-corrected chi connectivity index (χ3v) is 3.32. The fraction of sp³-hybridized carbons (Fsp3) is 0.438. The molecule has 0 aliphatic rings. The van der Waals surface area contributed by atoms with Crippen LogP contribution in [0.1, 0.15) is 11.3 Å². The van der Waals surface area contributed by atoms with E-state index < -0.39 is 6.10 Å². The second-order valence-corrected chi connectivity index (χ2v) is 5.18. The minimum absolute atomic E-state index is 0.293. The van der Waals surface area contributed by atoms with E-state index in [2.05, 4.69) is 10.4 Å². The van der Waals surface area contributed by atoms with Crippen LogP contribution < -0.4 is 10.1 Å². The lowest BCUT2D eigenvalue weighted by Crippen LogP contribution is -2.32. The van der Waals surface area contributed by atoms with Gasteiger partial charge in [-0.15, -0.1) is 0 Å². The molecule has 0 saturated heterocycles. The summed E-state index contributed by atoms with van der Waals surface area (Å²) in [5.41, 5.74) is 2.37. The van der Waals surface area contributed by atoms with Crippen molar-refractivity contribution in [3.8, 4) is 5.75 Å². The monoisotopic (exact) mass is 289 g/mol. The number of ether oxygens (including phenoxy) is 1. The normalized spacial score (nSPS) is 12.3. The Morgan fingerprint density at radius 2 is 2.05 bits per heavy atom. The quantitative estimate of drug-likeness (QED) is 0.719. The number of rotatable bonds is 8. The molecule has 2 aromatic rings. The predicted octanol–water partition coefficient (Wildman–Crippen LogP) is 1.30. The van der Waals surface area contributed by atoms with Crippen molar-refractivity contribution in [3.63, 3.8) is 0 Å². The minimum Gasteiger partial charge on any atom is -0.491 e. The van der Waals surface area contributed by atoms with Gasteiger partial charge in [0.2, 0.25) is 0 Å². The number of nitrogens with zero attached hydrogens (tertiary/aromatic N) is 2. The zero-order chi connectivity index (χ0) is 15.1. The molecule has 5 heteroatoms. The molecule has 1 aromatic heterocycles. The van der Waals surface area contributed by atoms with Gasteiger partial charge in [0, 0.05) is 38.4 Å². The summed E-state index contributed by atoms with van der Waals surface area (Å²) < 4.78 is 7.40. The summed E-state index contributed by atoms with van der Waals surface area (Å²) in [6.45, 7) is 3.65. The molecule has 5 nitrogen and oxygen atoms in total. The van der Waals surface area contributed by atoms with E-state index in [1.165, 1.54) is 11.3 Å². The van der Waals surface area contributed by atoms with E-state index in [-0.39, 0.29) is 0 Å². The first-order valence-corrected chi connectivity index (χ1v) is 7.20. The van der Waals surface area contributed by atoms with Gasteiger partial charge in [0.15, 0.2) is 0 Å². The van der Waals surface area contributed by atoms with E-state index in [9.17, 15) is 5.11 Å². The number of aromatic nitrogens is 2. The molecule has 1 heterocycles. The Balaban J connectivity index is 1.60. The van der Waals surface area contributed by atoms with Gasteiger partial charge in [-0.1, -0.05) is 17.7 Å². The number of nitrogens with one attached hydrogen (secondary N) is 1. The van der Waals surface area contributed by atoms with Crippen molar-refractivity contribution < 1.29 is 9.84 Å². The second kappa shape index (κ2) is 7.81. The van der Waals surface area contributed by atoms with Gasteiger partial charge in [-0.25, -0.2) is 0 Å². The number of aliphatic hydroxyl groups excluding tert-OH is 1. The fourth-order valence-electron chi connectivity index (χ4n) is 2.02. The number of hydrogen-bond acceptors (Lipinski definition) is 4. The second-order valence-electron chi connectivity index (χ2n) is 5.18. The van der Waals surface area contributed by atoms with Gasteiger partial charge < -0.3 is 15.2 Å².